The molecule has 0 saturated heterocycles. The molecular formula is C13H18FNO4. The summed E-state index contributed by atoms with van der Waals surface area (Å²) in [7, 11) is 4.29. The van der Waals surface area contributed by atoms with Crippen molar-refractivity contribution < 1.29 is 23.8 Å². The Balaban J connectivity index is 2.88. The molecule has 1 N–H and O–H groups in total. The fourth-order valence-electron chi connectivity index (χ4n) is 1.72. The van der Waals surface area contributed by atoms with Gasteiger partial charge in [0.2, 0.25) is 0 Å². The van der Waals surface area contributed by atoms with Crippen molar-refractivity contribution in [2.75, 3.05) is 34.4 Å². The number of benzene rings is 1. The van der Waals surface area contributed by atoms with E-state index in [2.05, 4.69) is 0 Å². The summed E-state index contributed by atoms with van der Waals surface area (Å²) in [6.45, 7) is 0.149. The standard InChI is InChI=1S/C13H18FNO4/c1-15(7-9(16)8-18-2)13(17)12-10(14)5-4-6-11(12)19-3/h4-6,9,16H,7-8H2,1-3H3. The zero-order chi connectivity index (χ0) is 14.4. The number of hydrogen-bond acceptors (Lipinski definition) is 4. The number of amides is 1. The summed E-state index contributed by atoms with van der Waals surface area (Å²) in [5.74, 6) is -1.04. The highest BCUT2D eigenvalue weighted by molar-refractivity contribution is 5.97. The minimum atomic E-state index is -0.822. The van der Waals surface area contributed by atoms with Crippen molar-refractivity contribution in [2.24, 2.45) is 0 Å². The number of carbonyl (C=O) groups excluding carboxylic acids is 1. The summed E-state index contributed by atoms with van der Waals surface area (Å²) < 4.78 is 23.5. The van der Waals surface area contributed by atoms with Crippen LogP contribution in [0, 0.1) is 5.82 Å². The highest BCUT2D eigenvalue weighted by Crippen LogP contribution is 2.22. The molecule has 0 aliphatic rings. The average Bonchev–Trinajstić information content (AvgIpc) is 2.37. The Hall–Kier alpha value is -1.66. The van der Waals surface area contributed by atoms with Crippen LogP contribution in [0.15, 0.2) is 18.2 Å². The number of halogens is 1. The van der Waals surface area contributed by atoms with Gasteiger partial charge in [-0.25, -0.2) is 4.39 Å². The number of nitrogens with zero attached hydrogens (tertiary/aromatic N) is 1. The summed E-state index contributed by atoms with van der Waals surface area (Å²) in [6.07, 6.45) is -0.822. The Labute approximate surface area is 111 Å². The number of methoxy groups -OCH3 is 2. The number of ether oxygens (including phenoxy) is 2. The monoisotopic (exact) mass is 271 g/mol. The van der Waals surface area contributed by atoms with E-state index in [-0.39, 0.29) is 24.5 Å². The Bertz CT molecular complexity index is 439. The largest absolute Gasteiger partial charge is 0.496 e. The number of rotatable bonds is 6. The van der Waals surface area contributed by atoms with Gasteiger partial charge in [-0.2, -0.15) is 0 Å². The zero-order valence-electron chi connectivity index (χ0n) is 11.2. The van der Waals surface area contributed by atoms with Gasteiger partial charge in [0, 0.05) is 20.7 Å². The van der Waals surface area contributed by atoms with Crippen molar-refractivity contribution in [3.05, 3.63) is 29.6 Å². The fourth-order valence-corrected chi connectivity index (χ4v) is 1.72. The first-order chi connectivity index (χ1) is 9.01. The van der Waals surface area contributed by atoms with E-state index in [0.717, 1.165) is 0 Å². The van der Waals surface area contributed by atoms with E-state index in [1.165, 1.54) is 44.4 Å². The van der Waals surface area contributed by atoms with E-state index in [1.54, 1.807) is 0 Å². The van der Waals surface area contributed by atoms with Gasteiger partial charge in [0.1, 0.15) is 17.1 Å². The molecule has 1 aromatic carbocycles. The van der Waals surface area contributed by atoms with Crippen LogP contribution in [0.25, 0.3) is 0 Å². The number of hydrogen-bond donors (Lipinski definition) is 1. The minimum Gasteiger partial charge on any atom is -0.496 e. The lowest BCUT2D eigenvalue weighted by atomic mass is 10.1. The van der Waals surface area contributed by atoms with Gasteiger partial charge >= 0.3 is 0 Å². The number of aliphatic hydroxyl groups excluding tert-OH is 1. The molecule has 0 aliphatic heterocycles. The number of aliphatic hydroxyl groups is 1. The molecule has 0 spiro atoms. The Morgan fingerprint density at radius 2 is 2.16 bits per heavy atom. The SMILES string of the molecule is COCC(O)CN(C)C(=O)c1c(F)cccc1OC. The summed E-state index contributed by atoms with van der Waals surface area (Å²) >= 11 is 0. The van der Waals surface area contributed by atoms with E-state index >= 15 is 0 Å². The van der Waals surface area contributed by atoms with Gasteiger partial charge < -0.3 is 19.5 Å². The second-order valence-electron chi connectivity index (χ2n) is 4.11. The summed E-state index contributed by atoms with van der Waals surface area (Å²) in [4.78, 5) is 13.4. The fraction of sp³-hybridized carbons (Fsp3) is 0.462. The van der Waals surface area contributed by atoms with E-state index < -0.39 is 17.8 Å². The van der Waals surface area contributed by atoms with E-state index in [9.17, 15) is 14.3 Å². The van der Waals surface area contributed by atoms with E-state index in [4.69, 9.17) is 9.47 Å². The maximum absolute atomic E-state index is 13.7. The predicted octanol–water partition coefficient (Wildman–Crippen LogP) is 0.914. The van der Waals surface area contributed by atoms with Crippen molar-refractivity contribution in [1.82, 2.24) is 4.90 Å². The molecule has 1 amide bonds. The van der Waals surface area contributed by atoms with Crippen molar-refractivity contribution in [3.8, 4) is 5.75 Å². The molecule has 0 aromatic heterocycles. The van der Waals surface area contributed by atoms with E-state index in [0.29, 0.717) is 0 Å². The lowest BCUT2D eigenvalue weighted by molar-refractivity contribution is 0.0377. The summed E-state index contributed by atoms with van der Waals surface area (Å²) in [6, 6.07) is 4.16. The van der Waals surface area contributed by atoms with Crippen LogP contribution in [0.2, 0.25) is 0 Å². The van der Waals surface area contributed by atoms with Crippen LogP contribution in [-0.4, -0.2) is 56.4 Å². The summed E-state index contributed by atoms with van der Waals surface area (Å²) in [5.41, 5.74) is -0.142. The maximum atomic E-state index is 13.7. The van der Waals surface area contributed by atoms with Crippen molar-refractivity contribution in [3.63, 3.8) is 0 Å². The third kappa shape index (κ3) is 3.90. The first-order valence-electron chi connectivity index (χ1n) is 5.76. The van der Waals surface area contributed by atoms with Gasteiger partial charge in [-0.15, -0.1) is 0 Å². The van der Waals surface area contributed by atoms with Crippen LogP contribution in [0.1, 0.15) is 10.4 Å². The first kappa shape index (κ1) is 15.4. The smallest absolute Gasteiger partial charge is 0.260 e. The van der Waals surface area contributed by atoms with Gasteiger partial charge in [0.05, 0.1) is 19.8 Å². The predicted molar refractivity (Wildman–Crippen MR) is 67.8 cm³/mol. The molecule has 1 atom stereocenters. The molecule has 19 heavy (non-hydrogen) atoms. The lowest BCUT2D eigenvalue weighted by Crippen LogP contribution is -2.36. The molecule has 106 valence electrons. The number of likely N-dealkylation sites (N-methyl/N-ethyl adjacent to an activating group) is 1. The van der Waals surface area contributed by atoms with E-state index in [1.807, 2.05) is 0 Å². The van der Waals surface area contributed by atoms with Gasteiger partial charge in [-0.05, 0) is 12.1 Å². The Morgan fingerprint density at radius 3 is 2.74 bits per heavy atom. The van der Waals surface area contributed by atoms with Crippen LogP contribution in [0.3, 0.4) is 0 Å². The Kier molecular flexibility index (Phi) is 5.72. The molecule has 0 aliphatic carbocycles. The highest BCUT2D eigenvalue weighted by atomic mass is 19.1. The topological polar surface area (TPSA) is 59.0 Å². The molecule has 1 aromatic rings. The average molecular weight is 271 g/mol. The number of carbonyl (C=O) groups is 1. The van der Waals surface area contributed by atoms with Gasteiger partial charge in [0.15, 0.2) is 0 Å². The maximum Gasteiger partial charge on any atom is 0.260 e. The molecule has 6 heteroatoms. The third-order valence-electron chi connectivity index (χ3n) is 2.60. The molecule has 0 saturated carbocycles. The normalized spacial score (nSPS) is 12.1. The minimum absolute atomic E-state index is 0.0458. The molecule has 0 radical (unpaired) electrons. The van der Waals surface area contributed by atoms with Crippen LogP contribution in [-0.2, 0) is 4.74 Å². The summed E-state index contributed by atoms with van der Waals surface area (Å²) in [5, 5.41) is 9.57. The van der Waals surface area contributed by atoms with Gasteiger partial charge in [0.25, 0.3) is 5.91 Å². The van der Waals surface area contributed by atoms with Crippen LogP contribution in [0.5, 0.6) is 5.75 Å². The third-order valence-corrected chi connectivity index (χ3v) is 2.60. The molecular weight excluding hydrogens is 253 g/mol. The second-order valence-corrected chi connectivity index (χ2v) is 4.11. The van der Waals surface area contributed by atoms with Gasteiger partial charge in [-0.3, -0.25) is 4.79 Å². The van der Waals surface area contributed by atoms with Crippen LogP contribution < -0.4 is 4.74 Å². The van der Waals surface area contributed by atoms with Crippen molar-refractivity contribution >= 4 is 5.91 Å². The quantitative estimate of drug-likeness (QED) is 0.835. The van der Waals surface area contributed by atoms with Crippen LogP contribution >= 0.6 is 0 Å². The van der Waals surface area contributed by atoms with Crippen LogP contribution in [0.4, 0.5) is 4.39 Å². The van der Waals surface area contributed by atoms with Crippen molar-refractivity contribution in [2.45, 2.75) is 6.10 Å². The van der Waals surface area contributed by atoms with Gasteiger partial charge in [-0.1, -0.05) is 6.07 Å². The highest BCUT2D eigenvalue weighted by Gasteiger charge is 2.22. The Morgan fingerprint density at radius 1 is 1.47 bits per heavy atom. The second kappa shape index (κ2) is 7.06. The molecule has 1 unspecified atom stereocenters. The van der Waals surface area contributed by atoms with Crippen molar-refractivity contribution in [1.29, 1.82) is 0 Å². The molecule has 1 rings (SSSR count). The molecule has 0 fully saturated rings. The zero-order valence-corrected chi connectivity index (χ0v) is 11.2. The molecule has 0 heterocycles. The molecule has 5 nitrogen and oxygen atoms in total. The lowest BCUT2D eigenvalue weighted by Gasteiger charge is -2.21. The first-order valence-corrected chi connectivity index (χ1v) is 5.76. The molecule has 0 bridgehead atoms.